The van der Waals surface area contributed by atoms with Gasteiger partial charge in [-0.2, -0.15) is 4.98 Å². The average molecular weight is 260 g/mol. The normalized spacial score (nSPS) is 26.8. The summed E-state index contributed by atoms with van der Waals surface area (Å²) in [5.74, 6) is 0.995. The van der Waals surface area contributed by atoms with E-state index in [-0.39, 0.29) is 6.04 Å². The predicted octanol–water partition coefficient (Wildman–Crippen LogP) is 1.06. The first kappa shape index (κ1) is 12.3. The van der Waals surface area contributed by atoms with E-state index in [0.717, 1.165) is 5.56 Å². The standard InChI is InChI=1S/C13H16N4O2/c1-8-3-4-15-9(5-8)11-16-12(19-17-11)13(2)7-18-6-10(13)14/h3-5,10H,6-7,14H2,1-2H3. The number of pyridine rings is 1. The molecule has 3 heterocycles. The molecule has 2 aromatic rings. The van der Waals surface area contributed by atoms with E-state index < -0.39 is 5.41 Å². The van der Waals surface area contributed by atoms with E-state index in [1.165, 1.54) is 0 Å². The van der Waals surface area contributed by atoms with Crippen LogP contribution in [0.2, 0.25) is 0 Å². The van der Waals surface area contributed by atoms with E-state index in [4.69, 9.17) is 15.0 Å². The highest BCUT2D eigenvalue weighted by Gasteiger charge is 2.44. The zero-order valence-electron chi connectivity index (χ0n) is 11.0. The molecule has 2 N–H and O–H groups in total. The van der Waals surface area contributed by atoms with Crippen LogP contribution in [0, 0.1) is 6.92 Å². The molecule has 19 heavy (non-hydrogen) atoms. The van der Waals surface area contributed by atoms with Crippen molar-refractivity contribution in [1.82, 2.24) is 15.1 Å². The lowest BCUT2D eigenvalue weighted by Crippen LogP contribution is -2.42. The highest BCUT2D eigenvalue weighted by atomic mass is 16.5. The topological polar surface area (TPSA) is 87.1 Å². The monoisotopic (exact) mass is 260 g/mol. The summed E-state index contributed by atoms with van der Waals surface area (Å²) >= 11 is 0. The van der Waals surface area contributed by atoms with E-state index in [9.17, 15) is 0 Å². The molecule has 0 radical (unpaired) electrons. The summed E-state index contributed by atoms with van der Waals surface area (Å²) in [6.45, 7) is 4.98. The van der Waals surface area contributed by atoms with Crippen LogP contribution < -0.4 is 5.73 Å². The fourth-order valence-corrected chi connectivity index (χ4v) is 2.13. The molecule has 2 unspecified atom stereocenters. The molecule has 0 amide bonds. The van der Waals surface area contributed by atoms with Crippen molar-refractivity contribution in [3.05, 3.63) is 29.8 Å². The van der Waals surface area contributed by atoms with Gasteiger partial charge in [-0.15, -0.1) is 0 Å². The zero-order valence-corrected chi connectivity index (χ0v) is 11.0. The number of aromatic nitrogens is 3. The Morgan fingerprint density at radius 1 is 1.47 bits per heavy atom. The highest BCUT2D eigenvalue weighted by molar-refractivity contribution is 5.49. The summed E-state index contributed by atoms with van der Waals surface area (Å²) in [6, 6.07) is 3.71. The first-order valence-corrected chi connectivity index (χ1v) is 6.20. The van der Waals surface area contributed by atoms with Crippen molar-refractivity contribution in [2.24, 2.45) is 5.73 Å². The van der Waals surface area contributed by atoms with Gasteiger partial charge in [0, 0.05) is 12.2 Å². The molecule has 100 valence electrons. The Hall–Kier alpha value is -1.79. The maximum absolute atomic E-state index is 6.05. The van der Waals surface area contributed by atoms with Gasteiger partial charge >= 0.3 is 0 Å². The number of rotatable bonds is 2. The van der Waals surface area contributed by atoms with Crippen molar-refractivity contribution in [2.45, 2.75) is 25.3 Å². The number of hydrogen-bond acceptors (Lipinski definition) is 6. The SMILES string of the molecule is Cc1ccnc(-c2noc(C3(C)COCC3N)n2)c1. The van der Waals surface area contributed by atoms with Gasteiger partial charge in [-0.1, -0.05) is 5.16 Å². The van der Waals surface area contributed by atoms with E-state index >= 15 is 0 Å². The van der Waals surface area contributed by atoms with Crippen molar-refractivity contribution in [3.8, 4) is 11.5 Å². The van der Waals surface area contributed by atoms with Crippen LogP contribution in [-0.2, 0) is 10.2 Å². The lowest BCUT2D eigenvalue weighted by molar-refractivity contribution is 0.169. The molecule has 0 bridgehead atoms. The van der Waals surface area contributed by atoms with Crippen molar-refractivity contribution < 1.29 is 9.26 Å². The molecular weight excluding hydrogens is 244 g/mol. The van der Waals surface area contributed by atoms with E-state index in [0.29, 0.717) is 30.6 Å². The Morgan fingerprint density at radius 2 is 2.32 bits per heavy atom. The van der Waals surface area contributed by atoms with Crippen molar-refractivity contribution in [1.29, 1.82) is 0 Å². The third kappa shape index (κ3) is 2.02. The molecule has 6 nitrogen and oxygen atoms in total. The quantitative estimate of drug-likeness (QED) is 0.868. The van der Waals surface area contributed by atoms with E-state index in [1.54, 1.807) is 6.20 Å². The van der Waals surface area contributed by atoms with Crippen LogP contribution in [-0.4, -0.2) is 34.4 Å². The summed E-state index contributed by atoms with van der Waals surface area (Å²) in [5.41, 5.74) is 7.43. The van der Waals surface area contributed by atoms with Crippen molar-refractivity contribution >= 4 is 0 Å². The van der Waals surface area contributed by atoms with Gasteiger partial charge < -0.3 is 15.0 Å². The summed E-state index contributed by atoms with van der Waals surface area (Å²) in [5, 5.41) is 3.99. The molecule has 1 saturated heterocycles. The maximum Gasteiger partial charge on any atom is 0.236 e. The van der Waals surface area contributed by atoms with Gasteiger partial charge in [-0.05, 0) is 31.5 Å². The average Bonchev–Trinajstić information content (AvgIpc) is 2.99. The Bertz CT molecular complexity index is 598. The number of nitrogens with zero attached hydrogens (tertiary/aromatic N) is 3. The summed E-state index contributed by atoms with van der Waals surface area (Å²) in [4.78, 5) is 8.67. The summed E-state index contributed by atoms with van der Waals surface area (Å²) in [6.07, 6.45) is 1.73. The zero-order chi connectivity index (χ0) is 13.5. The largest absolute Gasteiger partial charge is 0.379 e. The molecule has 1 fully saturated rings. The molecule has 6 heteroatoms. The van der Waals surface area contributed by atoms with Crippen LogP contribution >= 0.6 is 0 Å². The predicted molar refractivity (Wildman–Crippen MR) is 68.4 cm³/mol. The number of hydrogen-bond donors (Lipinski definition) is 1. The van der Waals surface area contributed by atoms with Crippen LogP contribution in [0.3, 0.4) is 0 Å². The lowest BCUT2D eigenvalue weighted by atomic mass is 9.86. The third-order valence-corrected chi connectivity index (χ3v) is 3.58. The summed E-state index contributed by atoms with van der Waals surface area (Å²) in [7, 11) is 0. The lowest BCUT2D eigenvalue weighted by Gasteiger charge is -2.21. The molecule has 3 rings (SSSR count). The minimum Gasteiger partial charge on any atom is -0.379 e. The molecular formula is C13H16N4O2. The van der Waals surface area contributed by atoms with Crippen LogP contribution in [0.4, 0.5) is 0 Å². The van der Waals surface area contributed by atoms with Crippen LogP contribution in [0.5, 0.6) is 0 Å². The molecule has 0 aliphatic carbocycles. The van der Waals surface area contributed by atoms with E-state index in [2.05, 4.69) is 15.1 Å². The van der Waals surface area contributed by atoms with Crippen LogP contribution in [0.15, 0.2) is 22.9 Å². The molecule has 2 atom stereocenters. The van der Waals surface area contributed by atoms with Gasteiger partial charge in [0.2, 0.25) is 11.7 Å². The Kier molecular flexibility index (Phi) is 2.83. The minimum absolute atomic E-state index is 0.133. The van der Waals surface area contributed by atoms with Gasteiger partial charge in [0.1, 0.15) is 5.69 Å². The Morgan fingerprint density at radius 3 is 3.00 bits per heavy atom. The molecule has 0 saturated carbocycles. The fraction of sp³-hybridized carbons (Fsp3) is 0.462. The molecule has 1 aliphatic heterocycles. The Labute approximate surface area is 111 Å². The first-order valence-electron chi connectivity index (χ1n) is 6.20. The first-order chi connectivity index (χ1) is 9.09. The van der Waals surface area contributed by atoms with Crippen LogP contribution in [0.25, 0.3) is 11.5 Å². The van der Waals surface area contributed by atoms with Gasteiger partial charge in [-0.25, -0.2) is 0 Å². The van der Waals surface area contributed by atoms with Crippen LogP contribution in [0.1, 0.15) is 18.4 Å². The number of ether oxygens (including phenoxy) is 1. The fourth-order valence-electron chi connectivity index (χ4n) is 2.13. The second kappa shape index (κ2) is 4.40. The second-order valence-corrected chi connectivity index (χ2v) is 5.18. The smallest absolute Gasteiger partial charge is 0.236 e. The Balaban J connectivity index is 1.96. The third-order valence-electron chi connectivity index (χ3n) is 3.58. The van der Waals surface area contributed by atoms with Gasteiger partial charge in [0.05, 0.1) is 18.6 Å². The molecule has 0 aromatic carbocycles. The van der Waals surface area contributed by atoms with Gasteiger partial charge in [-0.3, -0.25) is 4.98 Å². The summed E-state index contributed by atoms with van der Waals surface area (Å²) < 4.78 is 10.7. The number of aryl methyl sites for hydroxylation is 1. The highest BCUT2D eigenvalue weighted by Crippen LogP contribution is 2.31. The number of nitrogens with two attached hydrogens (primary N) is 1. The van der Waals surface area contributed by atoms with Gasteiger partial charge in [0.15, 0.2) is 0 Å². The van der Waals surface area contributed by atoms with E-state index in [1.807, 2.05) is 26.0 Å². The maximum atomic E-state index is 6.05. The molecule has 2 aromatic heterocycles. The molecule has 0 spiro atoms. The minimum atomic E-state index is -0.422. The second-order valence-electron chi connectivity index (χ2n) is 5.18. The van der Waals surface area contributed by atoms with Crippen molar-refractivity contribution in [3.63, 3.8) is 0 Å². The van der Waals surface area contributed by atoms with Gasteiger partial charge in [0.25, 0.3) is 0 Å². The molecule has 1 aliphatic rings. The van der Waals surface area contributed by atoms with Crippen molar-refractivity contribution in [2.75, 3.05) is 13.2 Å².